The Bertz CT molecular complexity index is 434. The van der Waals surface area contributed by atoms with Crippen LogP contribution in [0.5, 0.6) is 0 Å². The molecule has 1 saturated carbocycles. The van der Waals surface area contributed by atoms with Crippen molar-refractivity contribution in [3.05, 3.63) is 29.8 Å². The largest absolute Gasteiger partial charge is 0.381 e. The summed E-state index contributed by atoms with van der Waals surface area (Å²) in [6, 6.07) is 8.20. The average molecular weight is 262 g/mol. The van der Waals surface area contributed by atoms with E-state index in [4.69, 9.17) is 4.74 Å². The van der Waals surface area contributed by atoms with Gasteiger partial charge in [0.15, 0.2) is 0 Å². The number of aryl methyl sites for hydroxylation is 1. The summed E-state index contributed by atoms with van der Waals surface area (Å²) >= 11 is 0. The summed E-state index contributed by atoms with van der Waals surface area (Å²) in [4.78, 5) is 11.9. The molecule has 1 aromatic rings. The van der Waals surface area contributed by atoms with Gasteiger partial charge in [-0.1, -0.05) is 18.2 Å². The molecule has 1 aliphatic carbocycles. The van der Waals surface area contributed by atoms with E-state index in [0.29, 0.717) is 18.7 Å². The highest BCUT2D eigenvalue weighted by molar-refractivity contribution is 5.92. The van der Waals surface area contributed by atoms with Crippen LogP contribution in [-0.2, 0) is 9.53 Å². The zero-order valence-corrected chi connectivity index (χ0v) is 11.6. The molecule has 2 atom stereocenters. The number of carbonyl (C=O) groups is 1. The van der Waals surface area contributed by atoms with Crippen molar-refractivity contribution in [2.24, 2.45) is 0 Å². The molecule has 2 unspecified atom stereocenters. The summed E-state index contributed by atoms with van der Waals surface area (Å²) < 4.78 is 5.32. The van der Waals surface area contributed by atoms with Gasteiger partial charge in [0.25, 0.3) is 0 Å². The Morgan fingerprint density at radius 1 is 1.37 bits per heavy atom. The van der Waals surface area contributed by atoms with E-state index in [2.05, 4.69) is 10.6 Å². The van der Waals surface area contributed by atoms with Crippen molar-refractivity contribution in [3.63, 3.8) is 0 Å². The van der Waals surface area contributed by atoms with Crippen molar-refractivity contribution in [2.75, 3.05) is 19.0 Å². The summed E-state index contributed by atoms with van der Waals surface area (Å²) in [5.74, 6) is 0.00941. The Morgan fingerprint density at radius 3 is 2.84 bits per heavy atom. The smallest absolute Gasteiger partial charge is 0.238 e. The molecule has 0 aliphatic heterocycles. The second-order valence-corrected chi connectivity index (χ2v) is 5.11. The van der Waals surface area contributed by atoms with Gasteiger partial charge in [0.1, 0.15) is 0 Å². The van der Waals surface area contributed by atoms with Crippen molar-refractivity contribution in [1.29, 1.82) is 0 Å². The van der Waals surface area contributed by atoms with Gasteiger partial charge in [-0.05, 0) is 37.8 Å². The number of anilines is 1. The van der Waals surface area contributed by atoms with Gasteiger partial charge in [0, 0.05) is 18.8 Å². The highest BCUT2D eigenvalue weighted by Crippen LogP contribution is 2.21. The summed E-state index contributed by atoms with van der Waals surface area (Å²) in [5.41, 5.74) is 1.96. The van der Waals surface area contributed by atoms with Crippen molar-refractivity contribution < 1.29 is 9.53 Å². The molecule has 2 rings (SSSR count). The number of carbonyl (C=O) groups excluding carboxylic acids is 1. The molecule has 0 bridgehead atoms. The minimum atomic E-state index is 0.00941. The van der Waals surface area contributed by atoms with E-state index in [1.54, 1.807) is 7.11 Å². The van der Waals surface area contributed by atoms with E-state index >= 15 is 0 Å². The minimum Gasteiger partial charge on any atom is -0.381 e. The van der Waals surface area contributed by atoms with Crippen LogP contribution in [0.3, 0.4) is 0 Å². The number of ether oxygens (including phenoxy) is 1. The Balaban J connectivity index is 1.75. The molecule has 0 saturated heterocycles. The molecular weight excluding hydrogens is 240 g/mol. The van der Waals surface area contributed by atoms with Crippen LogP contribution in [0.1, 0.15) is 24.8 Å². The second-order valence-electron chi connectivity index (χ2n) is 5.11. The molecule has 1 aromatic carbocycles. The lowest BCUT2D eigenvalue weighted by Gasteiger charge is -2.13. The van der Waals surface area contributed by atoms with Gasteiger partial charge < -0.3 is 15.4 Å². The summed E-state index contributed by atoms with van der Waals surface area (Å²) in [6.07, 6.45) is 3.50. The third-order valence-electron chi connectivity index (χ3n) is 3.69. The predicted molar refractivity (Wildman–Crippen MR) is 76.2 cm³/mol. The Hall–Kier alpha value is -1.39. The predicted octanol–water partition coefficient (Wildman–Crippen LogP) is 2.09. The van der Waals surface area contributed by atoms with E-state index in [9.17, 15) is 4.79 Å². The number of hydrogen-bond donors (Lipinski definition) is 2. The lowest BCUT2D eigenvalue weighted by atomic mass is 10.2. The topological polar surface area (TPSA) is 50.4 Å². The highest BCUT2D eigenvalue weighted by Gasteiger charge is 2.24. The molecule has 1 amide bonds. The fraction of sp³-hybridized carbons (Fsp3) is 0.533. The maximum atomic E-state index is 11.9. The molecule has 0 heterocycles. The molecule has 4 nitrogen and oxygen atoms in total. The molecule has 0 radical (unpaired) electrons. The first-order chi connectivity index (χ1) is 9.19. The first-order valence-corrected chi connectivity index (χ1v) is 6.80. The molecule has 0 spiro atoms. The number of benzene rings is 1. The molecule has 4 heteroatoms. The van der Waals surface area contributed by atoms with Crippen LogP contribution >= 0.6 is 0 Å². The first kappa shape index (κ1) is 14.0. The number of amides is 1. The van der Waals surface area contributed by atoms with Crippen LogP contribution in [0.25, 0.3) is 0 Å². The normalized spacial score (nSPS) is 22.4. The number of rotatable bonds is 5. The summed E-state index contributed by atoms with van der Waals surface area (Å²) in [7, 11) is 1.75. The maximum Gasteiger partial charge on any atom is 0.238 e. The van der Waals surface area contributed by atoms with Crippen LogP contribution in [0.4, 0.5) is 5.69 Å². The fourth-order valence-corrected chi connectivity index (χ4v) is 2.48. The third-order valence-corrected chi connectivity index (χ3v) is 3.69. The first-order valence-electron chi connectivity index (χ1n) is 6.80. The Kier molecular flexibility index (Phi) is 4.93. The monoisotopic (exact) mass is 262 g/mol. The van der Waals surface area contributed by atoms with Crippen molar-refractivity contribution in [2.45, 2.75) is 38.3 Å². The lowest BCUT2D eigenvalue weighted by Crippen LogP contribution is -2.35. The molecule has 0 aromatic heterocycles. The molecule has 19 heavy (non-hydrogen) atoms. The number of hydrogen-bond acceptors (Lipinski definition) is 3. The summed E-state index contributed by atoms with van der Waals surface area (Å²) in [5, 5.41) is 6.22. The van der Waals surface area contributed by atoms with Crippen molar-refractivity contribution in [3.8, 4) is 0 Å². The number of methoxy groups -OCH3 is 1. The molecule has 1 fully saturated rings. The molecule has 104 valence electrons. The minimum absolute atomic E-state index is 0.00941. The lowest BCUT2D eigenvalue weighted by molar-refractivity contribution is -0.115. The van der Waals surface area contributed by atoms with E-state index in [1.165, 1.54) is 0 Å². The van der Waals surface area contributed by atoms with Gasteiger partial charge in [-0.15, -0.1) is 0 Å². The van der Waals surface area contributed by atoms with Gasteiger partial charge in [-0.2, -0.15) is 0 Å². The average Bonchev–Trinajstić information content (AvgIpc) is 2.87. The van der Waals surface area contributed by atoms with Crippen molar-refractivity contribution in [1.82, 2.24) is 5.32 Å². The second kappa shape index (κ2) is 6.68. The number of nitrogens with one attached hydrogen (secondary N) is 2. The maximum absolute atomic E-state index is 11.9. The quantitative estimate of drug-likeness (QED) is 0.854. The van der Waals surface area contributed by atoms with Gasteiger partial charge in [0.05, 0.1) is 12.6 Å². The zero-order chi connectivity index (χ0) is 13.7. The van der Waals surface area contributed by atoms with Crippen LogP contribution in [0.2, 0.25) is 0 Å². The Morgan fingerprint density at radius 2 is 2.16 bits per heavy atom. The summed E-state index contributed by atoms with van der Waals surface area (Å²) in [6.45, 7) is 2.35. The van der Waals surface area contributed by atoms with E-state index in [0.717, 1.165) is 30.5 Å². The van der Waals surface area contributed by atoms with Crippen LogP contribution in [-0.4, -0.2) is 31.7 Å². The van der Waals surface area contributed by atoms with E-state index < -0.39 is 0 Å². The third kappa shape index (κ3) is 4.04. The van der Waals surface area contributed by atoms with Gasteiger partial charge >= 0.3 is 0 Å². The van der Waals surface area contributed by atoms with Crippen molar-refractivity contribution >= 4 is 11.6 Å². The van der Waals surface area contributed by atoms with Gasteiger partial charge in [-0.3, -0.25) is 4.79 Å². The molecular formula is C15H22N2O2. The van der Waals surface area contributed by atoms with E-state index in [1.807, 2.05) is 31.2 Å². The Labute approximate surface area is 114 Å². The highest BCUT2D eigenvalue weighted by atomic mass is 16.5. The molecule has 2 N–H and O–H groups in total. The van der Waals surface area contributed by atoms with Crippen LogP contribution in [0, 0.1) is 6.92 Å². The SMILES string of the molecule is COC1CCC(NCC(=O)Nc2ccccc2C)C1. The fourth-order valence-electron chi connectivity index (χ4n) is 2.48. The molecule has 1 aliphatic rings. The van der Waals surface area contributed by atoms with Crippen LogP contribution in [0.15, 0.2) is 24.3 Å². The van der Waals surface area contributed by atoms with Gasteiger partial charge in [0.2, 0.25) is 5.91 Å². The van der Waals surface area contributed by atoms with Crippen LogP contribution < -0.4 is 10.6 Å². The standard InChI is InChI=1S/C15H22N2O2/c1-11-5-3-4-6-14(11)17-15(18)10-16-12-7-8-13(9-12)19-2/h3-6,12-13,16H,7-10H2,1-2H3,(H,17,18). The zero-order valence-electron chi connectivity index (χ0n) is 11.6. The van der Waals surface area contributed by atoms with E-state index in [-0.39, 0.29) is 5.91 Å². The number of para-hydroxylation sites is 1. The van der Waals surface area contributed by atoms with Gasteiger partial charge in [-0.25, -0.2) is 0 Å².